The van der Waals surface area contributed by atoms with Crippen LogP contribution < -0.4 is 4.90 Å². The van der Waals surface area contributed by atoms with Crippen LogP contribution in [0.1, 0.15) is 24.0 Å². The van der Waals surface area contributed by atoms with E-state index < -0.39 is 0 Å². The number of hydrogen-bond acceptors (Lipinski definition) is 3. The maximum Gasteiger partial charge on any atom is 0.225 e. The Morgan fingerprint density at radius 2 is 1.74 bits per heavy atom. The summed E-state index contributed by atoms with van der Waals surface area (Å²) in [5.41, 5.74) is 2.85. The molecular weight excluding hydrogens is 234 g/mol. The fourth-order valence-corrected chi connectivity index (χ4v) is 2.59. The third-order valence-corrected chi connectivity index (χ3v) is 3.89. The number of hydrogen-bond donors (Lipinski definition) is 0. The summed E-state index contributed by atoms with van der Waals surface area (Å²) in [7, 11) is 2.08. The predicted octanol–water partition coefficient (Wildman–Crippen LogP) is 2.95. The van der Waals surface area contributed by atoms with E-state index in [1.807, 2.05) is 19.3 Å². The highest BCUT2D eigenvalue weighted by molar-refractivity contribution is 5.37. The minimum absolute atomic E-state index is 0.310. The Labute approximate surface area is 114 Å². The fraction of sp³-hybridized carbons (Fsp3) is 0.375. The topological polar surface area (TPSA) is 29.0 Å². The van der Waals surface area contributed by atoms with Crippen molar-refractivity contribution < 1.29 is 0 Å². The van der Waals surface area contributed by atoms with E-state index in [0.717, 1.165) is 18.1 Å². The maximum absolute atomic E-state index is 4.40. The number of rotatable bonds is 4. The van der Waals surface area contributed by atoms with Gasteiger partial charge in [-0.05, 0) is 30.9 Å². The zero-order chi connectivity index (χ0) is 13.3. The van der Waals surface area contributed by atoms with Crippen molar-refractivity contribution in [2.24, 2.45) is 0 Å². The number of benzene rings is 1. The highest BCUT2D eigenvalue weighted by atomic mass is 15.2. The Morgan fingerprint density at radius 3 is 2.32 bits per heavy atom. The Kier molecular flexibility index (Phi) is 2.97. The van der Waals surface area contributed by atoms with Gasteiger partial charge in [0.05, 0.1) is 0 Å². The molecule has 0 aliphatic heterocycles. The van der Waals surface area contributed by atoms with Gasteiger partial charge in [-0.1, -0.05) is 30.3 Å². The second-order valence-electron chi connectivity index (χ2n) is 5.56. The van der Waals surface area contributed by atoms with Crippen LogP contribution in [0, 0.1) is 6.92 Å². The summed E-state index contributed by atoms with van der Waals surface area (Å²) < 4.78 is 0. The molecule has 0 bridgehead atoms. The van der Waals surface area contributed by atoms with Gasteiger partial charge in [-0.2, -0.15) is 0 Å². The van der Waals surface area contributed by atoms with Crippen molar-refractivity contribution in [3.63, 3.8) is 0 Å². The van der Waals surface area contributed by atoms with Gasteiger partial charge >= 0.3 is 0 Å². The van der Waals surface area contributed by atoms with E-state index in [4.69, 9.17) is 0 Å². The van der Waals surface area contributed by atoms with Crippen molar-refractivity contribution in [1.82, 2.24) is 9.97 Å². The molecule has 1 aromatic carbocycles. The Balaban J connectivity index is 1.76. The van der Waals surface area contributed by atoms with Gasteiger partial charge in [0.15, 0.2) is 0 Å². The molecule has 1 heterocycles. The van der Waals surface area contributed by atoms with E-state index in [1.165, 1.54) is 18.4 Å². The van der Waals surface area contributed by atoms with Crippen molar-refractivity contribution in [3.8, 4) is 0 Å². The van der Waals surface area contributed by atoms with Crippen LogP contribution in [-0.4, -0.2) is 23.6 Å². The molecule has 0 unspecified atom stereocenters. The molecule has 3 heteroatoms. The van der Waals surface area contributed by atoms with Gasteiger partial charge in [-0.25, -0.2) is 9.97 Å². The number of likely N-dealkylation sites (N-methyl/N-ethyl adjacent to an activating group) is 1. The summed E-state index contributed by atoms with van der Waals surface area (Å²) in [5, 5.41) is 0. The number of nitrogens with zero attached hydrogens (tertiary/aromatic N) is 3. The third kappa shape index (κ3) is 2.46. The average Bonchev–Trinajstić information content (AvgIpc) is 3.21. The molecule has 0 atom stereocenters. The van der Waals surface area contributed by atoms with Gasteiger partial charge in [0.2, 0.25) is 5.95 Å². The largest absolute Gasteiger partial charge is 0.343 e. The zero-order valence-electron chi connectivity index (χ0n) is 11.5. The molecule has 0 spiro atoms. The fourth-order valence-electron chi connectivity index (χ4n) is 2.59. The van der Waals surface area contributed by atoms with E-state index >= 15 is 0 Å². The molecule has 1 fully saturated rings. The van der Waals surface area contributed by atoms with Crippen LogP contribution in [0.3, 0.4) is 0 Å². The maximum atomic E-state index is 4.40. The second kappa shape index (κ2) is 4.65. The highest BCUT2D eigenvalue weighted by Crippen LogP contribution is 2.48. The number of aryl methyl sites for hydroxylation is 1. The summed E-state index contributed by atoms with van der Waals surface area (Å²) in [6.07, 6.45) is 6.27. The minimum Gasteiger partial charge on any atom is -0.343 e. The van der Waals surface area contributed by atoms with Gasteiger partial charge in [-0.3, -0.25) is 0 Å². The minimum atomic E-state index is 0.310. The van der Waals surface area contributed by atoms with Crippen molar-refractivity contribution in [1.29, 1.82) is 0 Å². The van der Waals surface area contributed by atoms with E-state index in [9.17, 15) is 0 Å². The SMILES string of the molecule is Cc1cnc(N(C)CC2(c3ccccc3)CC2)nc1. The molecule has 3 rings (SSSR count). The van der Waals surface area contributed by atoms with Crippen LogP contribution in [0.5, 0.6) is 0 Å². The lowest BCUT2D eigenvalue weighted by Crippen LogP contribution is -2.30. The average molecular weight is 253 g/mol. The van der Waals surface area contributed by atoms with Crippen molar-refractivity contribution in [3.05, 3.63) is 53.9 Å². The summed E-state index contributed by atoms with van der Waals surface area (Å²) in [5.74, 6) is 0.813. The van der Waals surface area contributed by atoms with Gasteiger partial charge in [0.1, 0.15) is 0 Å². The summed E-state index contributed by atoms with van der Waals surface area (Å²) in [6, 6.07) is 10.8. The predicted molar refractivity (Wildman–Crippen MR) is 77.4 cm³/mol. The van der Waals surface area contributed by atoms with Gasteiger partial charge in [0.25, 0.3) is 0 Å². The Hall–Kier alpha value is -1.90. The first-order valence-corrected chi connectivity index (χ1v) is 6.75. The van der Waals surface area contributed by atoms with Gasteiger partial charge in [-0.15, -0.1) is 0 Å². The lowest BCUT2D eigenvalue weighted by atomic mass is 9.95. The summed E-state index contributed by atoms with van der Waals surface area (Å²) in [4.78, 5) is 11.0. The lowest BCUT2D eigenvalue weighted by Gasteiger charge is -2.24. The molecular formula is C16H19N3. The van der Waals surface area contributed by atoms with Crippen LogP contribution >= 0.6 is 0 Å². The van der Waals surface area contributed by atoms with Crippen LogP contribution in [0.2, 0.25) is 0 Å². The van der Waals surface area contributed by atoms with Gasteiger partial charge < -0.3 is 4.90 Å². The molecule has 0 radical (unpaired) electrons. The lowest BCUT2D eigenvalue weighted by molar-refractivity contribution is 0.662. The van der Waals surface area contributed by atoms with E-state index in [2.05, 4.69) is 52.2 Å². The van der Waals surface area contributed by atoms with Crippen molar-refractivity contribution >= 4 is 5.95 Å². The molecule has 2 aromatic rings. The third-order valence-electron chi connectivity index (χ3n) is 3.89. The Morgan fingerprint density at radius 1 is 1.11 bits per heavy atom. The molecule has 1 saturated carbocycles. The second-order valence-corrected chi connectivity index (χ2v) is 5.56. The first-order chi connectivity index (χ1) is 9.20. The van der Waals surface area contributed by atoms with Crippen molar-refractivity contribution in [2.45, 2.75) is 25.2 Å². The molecule has 1 aliphatic rings. The zero-order valence-corrected chi connectivity index (χ0v) is 11.5. The summed E-state index contributed by atoms with van der Waals surface area (Å²) in [6.45, 7) is 3.00. The van der Waals surface area contributed by atoms with E-state index in [-0.39, 0.29) is 0 Å². The molecule has 3 nitrogen and oxygen atoms in total. The smallest absolute Gasteiger partial charge is 0.225 e. The molecule has 1 aromatic heterocycles. The normalized spacial score (nSPS) is 16.1. The molecule has 1 aliphatic carbocycles. The van der Waals surface area contributed by atoms with Crippen molar-refractivity contribution in [2.75, 3.05) is 18.5 Å². The van der Waals surface area contributed by atoms with Crippen LogP contribution in [-0.2, 0) is 5.41 Å². The quantitative estimate of drug-likeness (QED) is 0.839. The monoisotopic (exact) mass is 253 g/mol. The van der Waals surface area contributed by atoms with Crippen LogP contribution in [0.25, 0.3) is 0 Å². The van der Waals surface area contributed by atoms with Crippen LogP contribution in [0.15, 0.2) is 42.7 Å². The number of anilines is 1. The molecule has 98 valence electrons. The van der Waals surface area contributed by atoms with Crippen LogP contribution in [0.4, 0.5) is 5.95 Å². The molecule has 0 amide bonds. The first kappa shape index (κ1) is 12.2. The van der Waals surface area contributed by atoms with Gasteiger partial charge in [0, 0.05) is 31.4 Å². The summed E-state index contributed by atoms with van der Waals surface area (Å²) >= 11 is 0. The molecule has 0 N–H and O–H groups in total. The van der Waals surface area contributed by atoms with E-state index in [0.29, 0.717) is 5.41 Å². The number of aromatic nitrogens is 2. The molecule has 19 heavy (non-hydrogen) atoms. The standard InChI is InChI=1S/C16H19N3/c1-13-10-17-15(18-11-13)19(2)12-16(8-9-16)14-6-4-3-5-7-14/h3-7,10-11H,8-9,12H2,1-2H3. The highest BCUT2D eigenvalue weighted by Gasteiger charge is 2.45. The molecule has 0 saturated heterocycles. The van der Waals surface area contributed by atoms with E-state index in [1.54, 1.807) is 0 Å². The Bertz CT molecular complexity index is 544. The first-order valence-electron chi connectivity index (χ1n) is 6.75.